The van der Waals surface area contributed by atoms with Crippen molar-refractivity contribution in [3.05, 3.63) is 35.4 Å². The molecule has 0 spiro atoms. The molecule has 1 aromatic carbocycles. The van der Waals surface area contributed by atoms with Gasteiger partial charge in [-0.2, -0.15) is 0 Å². The highest BCUT2D eigenvalue weighted by molar-refractivity contribution is 5.81. The summed E-state index contributed by atoms with van der Waals surface area (Å²) >= 11 is 0. The van der Waals surface area contributed by atoms with Gasteiger partial charge in [0.2, 0.25) is 0 Å². The summed E-state index contributed by atoms with van der Waals surface area (Å²) in [5.41, 5.74) is 0.180. The Hall–Kier alpha value is -1.73. The number of ether oxygens (including phenoxy) is 2. The zero-order chi connectivity index (χ0) is 18.1. The van der Waals surface area contributed by atoms with E-state index in [4.69, 9.17) is 9.47 Å². The van der Waals surface area contributed by atoms with Gasteiger partial charge in [-0.3, -0.25) is 4.99 Å². The lowest BCUT2D eigenvalue weighted by Gasteiger charge is -2.37. The van der Waals surface area contributed by atoms with Crippen molar-refractivity contribution in [1.82, 2.24) is 10.2 Å². The van der Waals surface area contributed by atoms with E-state index in [0.717, 1.165) is 38.5 Å². The number of hydrogen-bond donors (Lipinski definition) is 1. The summed E-state index contributed by atoms with van der Waals surface area (Å²) in [5, 5.41) is 3.37. The predicted octanol–water partition coefficient (Wildman–Crippen LogP) is 2.28. The van der Waals surface area contributed by atoms with Crippen LogP contribution in [0.3, 0.4) is 0 Å². The molecule has 0 radical (unpaired) electrons. The van der Waals surface area contributed by atoms with E-state index in [-0.39, 0.29) is 29.7 Å². The van der Waals surface area contributed by atoms with Gasteiger partial charge in [0.05, 0.1) is 12.7 Å². The average molecular weight is 365 g/mol. The van der Waals surface area contributed by atoms with Gasteiger partial charge in [0, 0.05) is 44.3 Å². The molecule has 1 N–H and O–H groups in total. The minimum absolute atomic E-state index is 0.00382. The largest absolute Gasteiger partial charge is 0.375 e. The van der Waals surface area contributed by atoms with Gasteiger partial charge in [-0.25, -0.2) is 8.78 Å². The SMILES string of the molecule is CN=C(NC1CC1c1c(F)cccc1F)N1CCOC(C2CCCO2)C1. The van der Waals surface area contributed by atoms with Crippen molar-refractivity contribution in [2.75, 3.05) is 33.4 Å². The first-order valence-electron chi connectivity index (χ1n) is 9.32. The van der Waals surface area contributed by atoms with Crippen molar-refractivity contribution in [3.8, 4) is 0 Å². The van der Waals surface area contributed by atoms with Crippen LogP contribution in [-0.4, -0.2) is 62.5 Å². The summed E-state index contributed by atoms with van der Waals surface area (Å²) in [5.74, 6) is -0.332. The van der Waals surface area contributed by atoms with Gasteiger partial charge in [-0.15, -0.1) is 0 Å². The topological polar surface area (TPSA) is 46.1 Å². The zero-order valence-electron chi connectivity index (χ0n) is 15.0. The molecule has 2 heterocycles. The van der Waals surface area contributed by atoms with Crippen molar-refractivity contribution >= 4 is 5.96 Å². The molecule has 7 heteroatoms. The molecule has 4 rings (SSSR count). The quantitative estimate of drug-likeness (QED) is 0.659. The lowest BCUT2D eigenvalue weighted by Crippen LogP contribution is -2.53. The van der Waals surface area contributed by atoms with Gasteiger partial charge in [0.25, 0.3) is 0 Å². The number of guanidine groups is 1. The van der Waals surface area contributed by atoms with Crippen LogP contribution in [0.2, 0.25) is 0 Å². The van der Waals surface area contributed by atoms with Crippen molar-refractivity contribution in [2.45, 2.75) is 43.4 Å². The summed E-state index contributed by atoms with van der Waals surface area (Å²) in [7, 11) is 1.74. The standard InChI is InChI=1S/C19H25F2N3O2/c1-22-19(24-7-9-26-17(11-24)16-6-3-8-25-16)23-15-10-12(15)18-13(20)4-2-5-14(18)21/h2,4-5,12,15-17H,3,6-11H2,1H3,(H,22,23). The summed E-state index contributed by atoms with van der Waals surface area (Å²) in [4.78, 5) is 6.53. The Morgan fingerprint density at radius 3 is 2.65 bits per heavy atom. The Bertz CT molecular complexity index is 658. The van der Waals surface area contributed by atoms with Crippen molar-refractivity contribution < 1.29 is 18.3 Å². The fourth-order valence-corrected chi connectivity index (χ4v) is 3.99. The molecule has 2 aliphatic heterocycles. The third-order valence-corrected chi connectivity index (χ3v) is 5.46. The summed E-state index contributed by atoms with van der Waals surface area (Å²) < 4.78 is 39.6. The molecule has 0 bridgehead atoms. The second kappa shape index (κ2) is 7.48. The van der Waals surface area contributed by atoms with E-state index in [0.29, 0.717) is 13.0 Å². The normalized spacial score (nSPS) is 32.0. The molecule has 3 fully saturated rings. The first-order valence-corrected chi connectivity index (χ1v) is 9.32. The van der Waals surface area contributed by atoms with Crippen molar-refractivity contribution in [1.29, 1.82) is 0 Å². The highest BCUT2D eigenvalue weighted by Crippen LogP contribution is 2.43. The number of rotatable bonds is 3. The molecule has 0 amide bonds. The Morgan fingerprint density at radius 2 is 1.96 bits per heavy atom. The number of hydrogen-bond acceptors (Lipinski definition) is 3. The van der Waals surface area contributed by atoms with Crippen LogP contribution in [0.25, 0.3) is 0 Å². The van der Waals surface area contributed by atoms with E-state index in [2.05, 4.69) is 15.2 Å². The second-order valence-corrected chi connectivity index (χ2v) is 7.18. The van der Waals surface area contributed by atoms with E-state index in [1.54, 1.807) is 7.05 Å². The number of morpholine rings is 1. The Balaban J connectivity index is 1.38. The smallest absolute Gasteiger partial charge is 0.194 e. The van der Waals surface area contributed by atoms with E-state index in [1.807, 2.05) is 0 Å². The van der Waals surface area contributed by atoms with Crippen LogP contribution < -0.4 is 5.32 Å². The van der Waals surface area contributed by atoms with Crippen LogP contribution >= 0.6 is 0 Å². The molecule has 1 aliphatic carbocycles. The van der Waals surface area contributed by atoms with E-state index in [9.17, 15) is 8.78 Å². The first kappa shape index (κ1) is 17.7. The second-order valence-electron chi connectivity index (χ2n) is 7.18. The zero-order valence-corrected chi connectivity index (χ0v) is 15.0. The molecule has 4 unspecified atom stereocenters. The summed E-state index contributed by atoms with van der Waals surface area (Å²) in [6.45, 7) is 2.89. The summed E-state index contributed by atoms with van der Waals surface area (Å²) in [6, 6.07) is 4.04. The van der Waals surface area contributed by atoms with Crippen LogP contribution in [0.4, 0.5) is 8.78 Å². The molecule has 4 atom stereocenters. The van der Waals surface area contributed by atoms with Gasteiger partial charge < -0.3 is 19.7 Å². The minimum Gasteiger partial charge on any atom is -0.375 e. The van der Waals surface area contributed by atoms with Crippen LogP contribution in [0.1, 0.15) is 30.7 Å². The molecule has 3 aliphatic rings. The highest BCUT2D eigenvalue weighted by atomic mass is 19.1. The lowest BCUT2D eigenvalue weighted by atomic mass is 10.1. The van der Waals surface area contributed by atoms with Crippen LogP contribution in [-0.2, 0) is 9.47 Å². The van der Waals surface area contributed by atoms with Crippen molar-refractivity contribution in [3.63, 3.8) is 0 Å². The van der Waals surface area contributed by atoms with Gasteiger partial charge in [0.1, 0.15) is 17.7 Å². The van der Waals surface area contributed by atoms with Crippen LogP contribution in [0.15, 0.2) is 23.2 Å². The molecule has 142 valence electrons. The van der Waals surface area contributed by atoms with Crippen LogP contribution in [0, 0.1) is 11.6 Å². The molecular weight excluding hydrogens is 340 g/mol. The Kier molecular flexibility index (Phi) is 5.09. The molecule has 26 heavy (non-hydrogen) atoms. The third kappa shape index (κ3) is 3.55. The fraction of sp³-hybridized carbons (Fsp3) is 0.632. The van der Waals surface area contributed by atoms with Gasteiger partial charge in [-0.05, 0) is 31.4 Å². The van der Waals surface area contributed by atoms with E-state index >= 15 is 0 Å². The minimum atomic E-state index is -0.473. The average Bonchev–Trinajstić information content (AvgIpc) is 3.17. The van der Waals surface area contributed by atoms with Crippen LogP contribution in [0.5, 0.6) is 0 Å². The molecule has 1 aromatic rings. The van der Waals surface area contributed by atoms with Gasteiger partial charge in [-0.1, -0.05) is 6.07 Å². The number of nitrogens with one attached hydrogen (secondary N) is 1. The summed E-state index contributed by atoms with van der Waals surface area (Å²) in [6.07, 6.45) is 3.01. The fourth-order valence-electron chi connectivity index (χ4n) is 3.99. The first-order chi connectivity index (χ1) is 12.7. The number of benzene rings is 1. The number of aliphatic imine (C=N–C) groups is 1. The molecule has 5 nitrogen and oxygen atoms in total. The lowest BCUT2D eigenvalue weighted by molar-refractivity contribution is -0.0817. The number of nitrogens with zero attached hydrogens (tertiary/aromatic N) is 2. The van der Waals surface area contributed by atoms with Gasteiger partial charge >= 0.3 is 0 Å². The van der Waals surface area contributed by atoms with Crippen molar-refractivity contribution in [2.24, 2.45) is 4.99 Å². The Morgan fingerprint density at radius 1 is 1.19 bits per heavy atom. The molecular formula is C19H25F2N3O2. The molecule has 0 aromatic heterocycles. The van der Waals surface area contributed by atoms with E-state index < -0.39 is 11.6 Å². The maximum absolute atomic E-state index is 14.0. The van der Waals surface area contributed by atoms with Gasteiger partial charge in [0.15, 0.2) is 5.96 Å². The monoisotopic (exact) mass is 365 g/mol. The maximum Gasteiger partial charge on any atom is 0.194 e. The molecule has 1 saturated carbocycles. The highest BCUT2D eigenvalue weighted by Gasteiger charge is 2.43. The third-order valence-electron chi connectivity index (χ3n) is 5.46. The van der Waals surface area contributed by atoms with E-state index in [1.165, 1.54) is 18.2 Å². The Labute approximate surface area is 152 Å². The molecule has 2 saturated heterocycles. The predicted molar refractivity (Wildman–Crippen MR) is 94.3 cm³/mol. The number of halogens is 2. The maximum atomic E-state index is 14.0.